The lowest BCUT2D eigenvalue weighted by Gasteiger charge is -2.07. The number of carbonyl (C=O) groups excluding carboxylic acids is 1. The van der Waals surface area contributed by atoms with Crippen molar-refractivity contribution in [2.45, 2.75) is 12.1 Å². The molecule has 0 aliphatic rings. The monoisotopic (exact) mass is 365 g/mol. The van der Waals surface area contributed by atoms with E-state index in [1.54, 1.807) is 10.9 Å². The van der Waals surface area contributed by atoms with E-state index in [1.807, 2.05) is 60.0 Å². The normalized spacial score (nSPS) is 11.0. The highest BCUT2D eigenvalue weighted by Crippen LogP contribution is 2.19. The molecule has 26 heavy (non-hydrogen) atoms. The Morgan fingerprint density at radius 3 is 2.85 bits per heavy atom. The van der Waals surface area contributed by atoms with Gasteiger partial charge in [-0.2, -0.15) is 4.68 Å². The number of hydrogen-bond acceptors (Lipinski definition) is 6. The van der Waals surface area contributed by atoms with E-state index in [9.17, 15) is 4.79 Å². The highest BCUT2D eigenvalue weighted by molar-refractivity contribution is 7.98. The number of fused-ring (bicyclic) bond motifs is 1. The first kappa shape index (κ1) is 16.3. The van der Waals surface area contributed by atoms with Crippen LogP contribution in [0.5, 0.6) is 0 Å². The maximum Gasteiger partial charge on any atom is 0.275 e. The van der Waals surface area contributed by atoms with Gasteiger partial charge in [-0.15, -0.1) is 5.10 Å². The van der Waals surface area contributed by atoms with E-state index < -0.39 is 0 Å². The molecule has 0 saturated heterocycles. The summed E-state index contributed by atoms with van der Waals surface area (Å²) in [5, 5.41) is 15.2. The van der Waals surface area contributed by atoms with Crippen molar-refractivity contribution in [1.29, 1.82) is 0 Å². The van der Waals surface area contributed by atoms with Crippen molar-refractivity contribution in [1.82, 2.24) is 29.6 Å². The number of thioether (sulfide) groups is 1. The Balaban J connectivity index is 1.61. The Morgan fingerprint density at radius 1 is 1.19 bits per heavy atom. The molecule has 0 unspecified atom stereocenters. The predicted octanol–water partition coefficient (Wildman–Crippen LogP) is 2.59. The summed E-state index contributed by atoms with van der Waals surface area (Å²) < 4.78 is 3.51. The number of amides is 1. The van der Waals surface area contributed by atoms with Gasteiger partial charge in [0.2, 0.25) is 5.16 Å². The van der Waals surface area contributed by atoms with E-state index >= 15 is 0 Å². The lowest BCUT2D eigenvalue weighted by molar-refractivity contribution is 0.102. The molecule has 0 radical (unpaired) electrons. The minimum atomic E-state index is -0.271. The van der Waals surface area contributed by atoms with Crippen molar-refractivity contribution in [3.8, 4) is 5.69 Å². The molecule has 0 saturated carbocycles. The Kier molecular flexibility index (Phi) is 4.13. The van der Waals surface area contributed by atoms with Gasteiger partial charge in [0.05, 0.1) is 5.69 Å². The minimum Gasteiger partial charge on any atom is -0.321 e. The number of benzene rings is 1. The van der Waals surface area contributed by atoms with Crippen LogP contribution in [0.25, 0.3) is 11.3 Å². The van der Waals surface area contributed by atoms with Gasteiger partial charge in [-0.25, -0.2) is 4.98 Å². The quantitative estimate of drug-likeness (QED) is 0.559. The molecule has 0 atom stereocenters. The standard InChI is InChI=1S/C17H15N7OS/c1-11-5-3-8-15-19-14(10-23(11)15)16(25)18-12-6-4-7-13(9-12)24-17(26-2)20-21-22-24/h3-10H,1-2H3,(H,18,25). The van der Waals surface area contributed by atoms with Gasteiger partial charge in [0.1, 0.15) is 11.3 Å². The molecule has 0 spiro atoms. The summed E-state index contributed by atoms with van der Waals surface area (Å²) >= 11 is 1.44. The molecule has 1 N–H and O–H groups in total. The van der Waals surface area contributed by atoms with Crippen molar-refractivity contribution in [3.05, 3.63) is 60.0 Å². The second kappa shape index (κ2) is 6.60. The molecule has 0 bridgehead atoms. The fourth-order valence-corrected chi connectivity index (χ4v) is 3.07. The van der Waals surface area contributed by atoms with E-state index in [1.165, 1.54) is 11.8 Å². The van der Waals surface area contributed by atoms with Crippen LogP contribution in [0.15, 0.2) is 53.8 Å². The molecule has 1 amide bonds. The van der Waals surface area contributed by atoms with Crippen LogP contribution in [0.1, 0.15) is 16.2 Å². The number of tetrazole rings is 1. The molecule has 130 valence electrons. The number of carbonyl (C=O) groups is 1. The SMILES string of the molecule is CSc1nnnn1-c1cccc(NC(=O)c2cn3c(C)cccc3n2)c1. The van der Waals surface area contributed by atoms with Crippen LogP contribution in [0.2, 0.25) is 0 Å². The summed E-state index contributed by atoms with van der Waals surface area (Å²) in [4.78, 5) is 17.0. The average molecular weight is 365 g/mol. The second-order valence-corrected chi connectivity index (χ2v) is 6.38. The number of aryl methyl sites for hydroxylation is 1. The Bertz CT molecular complexity index is 1100. The third kappa shape index (κ3) is 2.93. The summed E-state index contributed by atoms with van der Waals surface area (Å²) in [6.45, 7) is 1.97. The van der Waals surface area contributed by atoms with Crippen LogP contribution in [-0.4, -0.2) is 41.8 Å². The number of nitrogens with zero attached hydrogens (tertiary/aromatic N) is 6. The summed E-state index contributed by atoms with van der Waals surface area (Å²) in [6.07, 6.45) is 3.64. The molecule has 3 heterocycles. The summed E-state index contributed by atoms with van der Waals surface area (Å²) in [6, 6.07) is 13.1. The van der Waals surface area contributed by atoms with Gasteiger partial charge in [-0.3, -0.25) is 4.79 Å². The number of pyridine rings is 1. The Labute approximate surface area is 153 Å². The fraction of sp³-hybridized carbons (Fsp3) is 0.118. The van der Waals surface area contributed by atoms with E-state index in [0.29, 0.717) is 16.5 Å². The molecule has 4 rings (SSSR count). The third-order valence-corrected chi connectivity index (χ3v) is 4.52. The van der Waals surface area contributed by atoms with E-state index in [0.717, 1.165) is 17.0 Å². The third-order valence-electron chi connectivity index (χ3n) is 3.90. The van der Waals surface area contributed by atoms with Gasteiger partial charge in [0.25, 0.3) is 5.91 Å². The Morgan fingerprint density at radius 2 is 2.04 bits per heavy atom. The van der Waals surface area contributed by atoms with Crippen LogP contribution < -0.4 is 5.32 Å². The number of hydrogen-bond donors (Lipinski definition) is 1. The lowest BCUT2D eigenvalue weighted by atomic mass is 10.2. The smallest absolute Gasteiger partial charge is 0.275 e. The van der Waals surface area contributed by atoms with Crippen molar-refractivity contribution in [2.75, 3.05) is 11.6 Å². The number of imidazole rings is 1. The number of rotatable bonds is 4. The van der Waals surface area contributed by atoms with Crippen molar-refractivity contribution < 1.29 is 4.79 Å². The highest BCUT2D eigenvalue weighted by Gasteiger charge is 2.13. The largest absolute Gasteiger partial charge is 0.321 e. The second-order valence-electron chi connectivity index (χ2n) is 5.60. The lowest BCUT2D eigenvalue weighted by Crippen LogP contribution is -2.12. The Hall–Kier alpha value is -3.20. The van der Waals surface area contributed by atoms with Crippen molar-refractivity contribution in [2.24, 2.45) is 0 Å². The molecule has 1 aromatic carbocycles. The number of nitrogens with one attached hydrogen (secondary N) is 1. The molecule has 9 heteroatoms. The van der Waals surface area contributed by atoms with Crippen LogP contribution in [-0.2, 0) is 0 Å². The summed E-state index contributed by atoms with van der Waals surface area (Å²) in [7, 11) is 0. The molecule has 0 fully saturated rings. The molecule has 0 aliphatic heterocycles. The summed E-state index contributed by atoms with van der Waals surface area (Å²) in [5.74, 6) is -0.271. The van der Waals surface area contributed by atoms with Crippen LogP contribution >= 0.6 is 11.8 Å². The zero-order valence-electron chi connectivity index (χ0n) is 14.1. The molecular formula is C17H15N7OS. The predicted molar refractivity (Wildman–Crippen MR) is 98.8 cm³/mol. The van der Waals surface area contributed by atoms with Gasteiger partial charge < -0.3 is 9.72 Å². The van der Waals surface area contributed by atoms with E-state index in [4.69, 9.17) is 0 Å². The van der Waals surface area contributed by atoms with E-state index in [2.05, 4.69) is 25.8 Å². The van der Waals surface area contributed by atoms with Gasteiger partial charge in [0, 0.05) is 17.6 Å². The molecule has 8 nitrogen and oxygen atoms in total. The maximum absolute atomic E-state index is 12.6. The molecule has 4 aromatic rings. The van der Waals surface area contributed by atoms with Crippen LogP contribution in [0.3, 0.4) is 0 Å². The summed E-state index contributed by atoms with van der Waals surface area (Å²) in [5.41, 5.74) is 3.52. The number of aromatic nitrogens is 6. The molecular weight excluding hydrogens is 350 g/mol. The van der Waals surface area contributed by atoms with E-state index in [-0.39, 0.29) is 5.91 Å². The van der Waals surface area contributed by atoms with Gasteiger partial charge in [-0.05, 0) is 53.9 Å². The first-order valence-electron chi connectivity index (χ1n) is 7.84. The molecule has 0 aliphatic carbocycles. The average Bonchev–Trinajstić information content (AvgIpc) is 3.29. The zero-order chi connectivity index (χ0) is 18.1. The zero-order valence-corrected chi connectivity index (χ0v) is 14.9. The fourth-order valence-electron chi connectivity index (χ4n) is 2.64. The van der Waals surface area contributed by atoms with Crippen molar-refractivity contribution in [3.63, 3.8) is 0 Å². The van der Waals surface area contributed by atoms with Gasteiger partial charge in [0.15, 0.2) is 0 Å². The van der Waals surface area contributed by atoms with Gasteiger partial charge in [-0.1, -0.05) is 23.9 Å². The highest BCUT2D eigenvalue weighted by atomic mass is 32.2. The maximum atomic E-state index is 12.6. The van der Waals surface area contributed by atoms with Gasteiger partial charge >= 0.3 is 0 Å². The van der Waals surface area contributed by atoms with Crippen molar-refractivity contribution >= 4 is 29.0 Å². The number of anilines is 1. The van der Waals surface area contributed by atoms with Crippen LogP contribution in [0, 0.1) is 6.92 Å². The van der Waals surface area contributed by atoms with Crippen LogP contribution in [0.4, 0.5) is 5.69 Å². The first-order valence-corrected chi connectivity index (χ1v) is 9.07. The first-order chi connectivity index (χ1) is 12.7. The molecule has 3 aromatic heterocycles. The topological polar surface area (TPSA) is 90.0 Å². The minimum absolute atomic E-state index is 0.271.